The molecule has 8 heteroatoms. The maximum absolute atomic E-state index is 10.7. The number of aliphatic carboxylic acids is 1. The summed E-state index contributed by atoms with van der Waals surface area (Å²) in [5.41, 5.74) is 0.741. The van der Waals surface area contributed by atoms with E-state index < -0.39 is 12.1 Å². The fraction of sp³-hybridized carbons (Fsp3) is 0.667. The second-order valence-electron chi connectivity index (χ2n) is 4.09. The van der Waals surface area contributed by atoms with Crippen molar-refractivity contribution in [3.8, 4) is 0 Å². The van der Waals surface area contributed by atoms with Gasteiger partial charge < -0.3 is 19.7 Å². The first kappa shape index (κ1) is 17.4. The van der Waals surface area contributed by atoms with Gasteiger partial charge in [0.15, 0.2) is 0 Å². The van der Waals surface area contributed by atoms with Crippen LogP contribution in [0.5, 0.6) is 0 Å². The van der Waals surface area contributed by atoms with Crippen LogP contribution in [-0.4, -0.2) is 60.0 Å². The summed E-state index contributed by atoms with van der Waals surface area (Å²) in [6, 6.07) is 0. The minimum absolute atomic E-state index is 0.00720. The number of rotatable bonds is 10. The van der Waals surface area contributed by atoms with Crippen molar-refractivity contribution in [1.82, 2.24) is 4.98 Å². The zero-order valence-electron chi connectivity index (χ0n) is 11.5. The molecule has 1 aromatic rings. The molecule has 0 saturated carbocycles. The lowest BCUT2D eigenvalue weighted by Crippen LogP contribution is -2.19. The van der Waals surface area contributed by atoms with Crippen molar-refractivity contribution in [2.45, 2.75) is 23.8 Å². The average Bonchev–Trinajstić information content (AvgIpc) is 2.72. The van der Waals surface area contributed by atoms with Crippen LogP contribution in [0.15, 0.2) is 4.34 Å². The smallest absolute Gasteiger partial charge is 0.308 e. The highest BCUT2D eigenvalue weighted by molar-refractivity contribution is 8.01. The number of carbonyl (C=O) groups is 1. The van der Waals surface area contributed by atoms with Gasteiger partial charge >= 0.3 is 5.97 Å². The van der Waals surface area contributed by atoms with Crippen molar-refractivity contribution < 1.29 is 24.5 Å². The molecule has 0 radical (unpaired) electrons. The Hall–Kier alpha value is -0.670. The van der Waals surface area contributed by atoms with Crippen molar-refractivity contribution in [2.75, 3.05) is 32.7 Å². The predicted molar refractivity (Wildman–Crippen MR) is 77.6 cm³/mol. The highest BCUT2D eigenvalue weighted by Gasteiger charge is 2.13. The summed E-state index contributed by atoms with van der Waals surface area (Å²) in [5.74, 6) is -0.396. The zero-order valence-corrected chi connectivity index (χ0v) is 13.1. The Morgan fingerprint density at radius 2 is 2.25 bits per heavy atom. The van der Waals surface area contributed by atoms with Crippen molar-refractivity contribution in [3.63, 3.8) is 0 Å². The van der Waals surface area contributed by atoms with Crippen LogP contribution >= 0.6 is 23.1 Å². The van der Waals surface area contributed by atoms with Gasteiger partial charge in [0.05, 0.1) is 38.0 Å². The van der Waals surface area contributed by atoms with Crippen molar-refractivity contribution >= 4 is 29.1 Å². The summed E-state index contributed by atoms with van der Waals surface area (Å²) >= 11 is 2.77. The van der Waals surface area contributed by atoms with Crippen LogP contribution in [0.3, 0.4) is 0 Å². The van der Waals surface area contributed by atoms with E-state index in [4.69, 9.17) is 14.6 Å². The Morgan fingerprint density at radius 3 is 2.90 bits per heavy atom. The second kappa shape index (κ2) is 9.30. The molecule has 0 saturated heterocycles. The van der Waals surface area contributed by atoms with Gasteiger partial charge in [-0.3, -0.25) is 4.79 Å². The molecule has 0 aliphatic heterocycles. The largest absolute Gasteiger partial charge is 0.481 e. The third-order valence-corrected chi connectivity index (χ3v) is 4.77. The lowest BCUT2D eigenvalue weighted by Gasteiger charge is -2.09. The van der Waals surface area contributed by atoms with Crippen LogP contribution in [0.4, 0.5) is 0 Å². The molecule has 2 N–H and O–H groups in total. The van der Waals surface area contributed by atoms with Crippen LogP contribution in [0.1, 0.15) is 10.6 Å². The van der Waals surface area contributed by atoms with Gasteiger partial charge in [0, 0.05) is 17.7 Å². The summed E-state index contributed by atoms with van der Waals surface area (Å²) in [4.78, 5) is 15.7. The van der Waals surface area contributed by atoms with E-state index in [-0.39, 0.29) is 13.0 Å². The molecule has 0 aromatic carbocycles. The summed E-state index contributed by atoms with van der Waals surface area (Å²) in [6.45, 7) is 3.01. The Kier molecular flexibility index (Phi) is 8.08. The number of hydrogen-bond donors (Lipinski definition) is 2. The second-order valence-corrected chi connectivity index (χ2v) is 6.44. The van der Waals surface area contributed by atoms with Crippen LogP contribution in [-0.2, 0) is 20.7 Å². The topological polar surface area (TPSA) is 88.9 Å². The molecular weight excluding hydrogens is 302 g/mol. The summed E-state index contributed by atoms with van der Waals surface area (Å²) in [7, 11) is 1.59. The highest BCUT2D eigenvalue weighted by atomic mass is 32.2. The SMILES string of the molecule is COCCOCC(O)CSc1nc(C)c(CC(=O)O)s1. The minimum atomic E-state index is -0.861. The minimum Gasteiger partial charge on any atom is -0.481 e. The first-order valence-corrected chi connectivity index (χ1v) is 7.88. The first-order chi connectivity index (χ1) is 9.52. The standard InChI is InChI=1S/C12H19NO5S2/c1-8-10(5-11(15)16)20-12(13-8)19-7-9(14)6-18-4-3-17-2/h9,14H,3-7H2,1-2H3,(H,15,16). The molecule has 0 bridgehead atoms. The van der Waals surface area contributed by atoms with Gasteiger partial charge in [0.25, 0.3) is 0 Å². The number of aliphatic hydroxyl groups excluding tert-OH is 1. The molecule has 1 atom stereocenters. The molecule has 1 heterocycles. The maximum Gasteiger partial charge on any atom is 0.308 e. The lowest BCUT2D eigenvalue weighted by molar-refractivity contribution is -0.136. The van der Waals surface area contributed by atoms with Crippen molar-refractivity contribution in [2.24, 2.45) is 0 Å². The number of ether oxygens (including phenoxy) is 2. The predicted octanol–water partition coefficient (Wildman–Crippen LogP) is 1.19. The Bertz CT molecular complexity index is 424. The molecule has 0 aliphatic carbocycles. The lowest BCUT2D eigenvalue weighted by atomic mass is 10.3. The van der Waals surface area contributed by atoms with Gasteiger partial charge in [-0.25, -0.2) is 4.98 Å². The van der Waals surface area contributed by atoms with Gasteiger partial charge in [-0.2, -0.15) is 0 Å². The maximum atomic E-state index is 10.7. The molecule has 1 aromatic heterocycles. The van der Waals surface area contributed by atoms with E-state index in [9.17, 15) is 9.90 Å². The third kappa shape index (κ3) is 6.67. The van der Waals surface area contributed by atoms with Crippen LogP contribution in [0, 0.1) is 6.92 Å². The fourth-order valence-electron chi connectivity index (χ4n) is 1.34. The van der Waals surface area contributed by atoms with Gasteiger partial charge in [-0.05, 0) is 6.92 Å². The number of methoxy groups -OCH3 is 1. The summed E-state index contributed by atoms with van der Waals surface area (Å²) in [6.07, 6.45) is -0.587. The van der Waals surface area contributed by atoms with Crippen molar-refractivity contribution in [3.05, 3.63) is 10.6 Å². The molecule has 1 rings (SSSR count). The van der Waals surface area contributed by atoms with E-state index in [1.54, 1.807) is 14.0 Å². The normalized spacial score (nSPS) is 12.6. The third-order valence-electron chi connectivity index (χ3n) is 2.33. The van der Waals surface area contributed by atoms with Gasteiger partial charge in [-0.1, -0.05) is 11.8 Å². The number of nitrogens with zero attached hydrogens (tertiary/aromatic N) is 1. The molecule has 6 nitrogen and oxygen atoms in total. The van der Waals surface area contributed by atoms with Crippen LogP contribution in [0.25, 0.3) is 0 Å². The number of aryl methyl sites for hydroxylation is 1. The number of thiazole rings is 1. The van der Waals surface area contributed by atoms with E-state index in [1.165, 1.54) is 23.1 Å². The summed E-state index contributed by atoms with van der Waals surface area (Å²) < 4.78 is 10.8. The zero-order chi connectivity index (χ0) is 15.0. The molecule has 0 amide bonds. The van der Waals surface area contributed by atoms with Crippen LogP contribution in [0.2, 0.25) is 0 Å². The Labute approximate surface area is 126 Å². The Morgan fingerprint density at radius 1 is 1.50 bits per heavy atom. The van der Waals surface area contributed by atoms with Gasteiger partial charge in [0.2, 0.25) is 0 Å². The molecule has 0 fully saturated rings. The molecule has 1 unspecified atom stereocenters. The van der Waals surface area contributed by atoms with Gasteiger partial charge in [0.1, 0.15) is 4.34 Å². The highest BCUT2D eigenvalue weighted by Crippen LogP contribution is 2.28. The van der Waals surface area contributed by atoms with Crippen molar-refractivity contribution in [1.29, 1.82) is 0 Å². The van der Waals surface area contributed by atoms with E-state index >= 15 is 0 Å². The molecule has 20 heavy (non-hydrogen) atoms. The summed E-state index contributed by atoms with van der Waals surface area (Å²) in [5, 5.41) is 18.5. The number of carboxylic acid groups (broad SMARTS) is 1. The molecular formula is C12H19NO5S2. The number of hydrogen-bond acceptors (Lipinski definition) is 7. The molecule has 0 aliphatic rings. The first-order valence-electron chi connectivity index (χ1n) is 6.08. The van der Waals surface area contributed by atoms with Gasteiger partial charge in [-0.15, -0.1) is 11.3 Å². The number of aromatic nitrogens is 1. The Balaban J connectivity index is 2.32. The van der Waals surface area contributed by atoms with Crippen LogP contribution < -0.4 is 0 Å². The fourth-order valence-corrected chi connectivity index (χ4v) is 3.50. The average molecular weight is 321 g/mol. The quantitative estimate of drug-likeness (QED) is 0.494. The molecule has 0 spiro atoms. The molecule has 114 valence electrons. The monoisotopic (exact) mass is 321 g/mol. The number of thioether (sulfide) groups is 1. The van der Waals surface area contributed by atoms with E-state index in [0.29, 0.717) is 19.0 Å². The number of carboxylic acids is 1. The van der Waals surface area contributed by atoms with E-state index in [2.05, 4.69) is 4.98 Å². The number of aliphatic hydroxyl groups is 1. The van der Waals surface area contributed by atoms with E-state index in [0.717, 1.165) is 14.9 Å². The van der Waals surface area contributed by atoms with E-state index in [1.807, 2.05) is 0 Å².